The summed E-state index contributed by atoms with van der Waals surface area (Å²) in [4.78, 5) is 8.01. The van der Waals surface area contributed by atoms with E-state index in [9.17, 15) is 0 Å². The van der Waals surface area contributed by atoms with E-state index in [0.717, 1.165) is 25.6 Å². The van der Waals surface area contributed by atoms with Gasteiger partial charge in [-0.2, -0.15) is 0 Å². The van der Waals surface area contributed by atoms with Crippen LogP contribution in [0, 0.1) is 5.92 Å². The normalized spacial score (nSPS) is 16.5. The second-order valence-electron chi connectivity index (χ2n) is 4.89. The number of hydrogen-bond donors (Lipinski definition) is 1. The lowest BCUT2D eigenvalue weighted by Gasteiger charge is -2.29. The number of methoxy groups -OCH3 is 1. The van der Waals surface area contributed by atoms with Gasteiger partial charge in [0.2, 0.25) is 0 Å². The largest absolute Gasteiger partial charge is 0.383 e. The average molecular weight is 306 g/mol. The molecule has 1 saturated heterocycles. The summed E-state index contributed by atoms with van der Waals surface area (Å²) in [5, 5.41) is 3.43. The Labute approximate surface area is 126 Å². The highest BCUT2D eigenvalue weighted by atomic mass is 35.5. The molecule has 1 aliphatic heterocycles. The van der Waals surface area contributed by atoms with Crippen molar-refractivity contribution in [1.29, 1.82) is 0 Å². The van der Waals surface area contributed by atoms with Crippen molar-refractivity contribution < 1.29 is 4.74 Å². The van der Waals surface area contributed by atoms with Crippen LogP contribution in [0.4, 0.5) is 0 Å². The van der Waals surface area contributed by atoms with E-state index in [4.69, 9.17) is 4.74 Å². The maximum Gasteiger partial charge on any atom is 0.0794 e. The number of thiazole rings is 1. The smallest absolute Gasteiger partial charge is 0.0794 e. The quantitative estimate of drug-likeness (QED) is 0.836. The van der Waals surface area contributed by atoms with Crippen molar-refractivity contribution >= 4 is 23.7 Å². The number of nitrogens with one attached hydrogen (secondary N) is 1. The van der Waals surface area contributed by atoms with Gasteiger partial charge >= 0.3 is 0 Å². The van der Waals surface area contributed by atoms with Gasteiger partial charge in [-0.1, -0.05) is 0 Å². The molecule has 2 rings (SSSR count). The topological polar surface area (TPSA) is 37.4 Å². The summed E-state index contributed by atoms with van der Waals surface area (Å²) >= 11 is 1.74. The van der Waals surface area contributed by atoms with Crippen molar-refractivity contribution in [2.75, 3.05) is 39.9 Å². The van der Waals surface area contributed by atoms with E-state index >= 15 is 0 Å². The molecule has 2 heterocycles. The predicted octanol–water partition coefficient (Wildman–Crippen LogP) is 2.01. The molecule has 0 aromatic carbocycles. The maximum atomic E-state index is 5.21. The van der Waals surface area contributed by atoms with E-state index in [1.165, 1.54) is 37.4 Å². The van der Waals surface area contributed by atoms with Crippen LogP contribution in [0.25, 0.3) is 0 Å². The third-order valence-electron chi connectivity index (χ3n) is 3.45. The van der Waals surface area contributed by atoms with E-state index in [-0.39, 0.29) is 12.4 Å². The molecule has 0 amide bonds. The molecule has 110 valence electrons. The van der Waals surface area contributed by atoms with Gasteiger partial charge in [-0.25, -0.2) is 0 Å². The Morgan fingerprint density at radius 3 is 2.89 bits per heavy atom. The lowest BCUT2D eigenvalue weighted by molar-refractivity contribution is 0.127. The zero-order chi connectivity index (χ0) is 12.6. The van der Waals surface area contributed by atoms with Gasteiger partial charge < -0.3 is 10.1 Å². The third kappa shape index (κ3) is 6.19. The number of hydrogen-bond acceptors (Lipinski definition) is 5. The van der Waals surface area contributed by atoms with Crippen molar-refractivity contribution in [3.63, 3.8) is 0 Å². The summed E-state index contributed by atoms with van der Waals surface area (Å²) in [6.07, 6.45) is 4.57. The number of halogens is 1. The molecule has 0 spiro atoms. The first-order valence-corrected chi connectivity index (χ1v) is 7.56. The van der Waals surface area contributed by atoms with Crippen molar-refractivity contribution in [1.82, 2.24) is 15.2 Å². The van der Waals surface area contributed by atoms with Crippen LogP contribution in [0.1, 0.15) is 17.7 Å². The fourth-order valence-corrected chi connectivity index (χ4v) is 3.06. The second kappa shape index (κ2) is 9.66. The Balaban J connectivity index is 0.00000180. The van der Waals surface area contributed by atoms with E-state index in [1.807, 2.05) is 11.7 Å². The lowest BCUT2D eigenvalue weighted by atomic mass is 9.97. The van der Waals surface area contributed by atoms with Crippen LogP contribution in [0.3, 0.4) is 0 Å². The number of ether oxygens (including phenoxy) is 1. The van der Waals surface area contributed by atoms with Crippen LogP contribution in [0.2, 0.25) is 0 Å². The van der Waals surface area contributed by atoms with E-state index in [0.29, 0.717) is 0 Å². The summed E-state index contributed by atoms with van der Waals surface area (Å²) in [7, 11) is 1.77. The molecule has 0 saturated carbocycles. The van der Waals surface area contributed by atoms with Gasteiger partial charge in [0.1, 0.15) is 0 Å². The highest BCUT2D eigenvalue weighted by Crippen LogP contribution is 2.16. The first-order chi connectivity index (χ1) is 8.88. The highest BCUT2D eigenvalue weighted by Gasteiger charge is 2.17. The minimum Gasteiger partial charge on any atom is -0.383 e. The van der Waals surface area contributed by atoms with E-state index in [2.05, 4.69) is 15.2 Å². The molecule has 0 aliphatic carbocycles. The summed E-state index contributed by atoms with van der Waals surface area (Å²) in [6, 6.07) is 0. The van der Waals surface area contributed by atoms with Crippen LogP contribution in [0.15, 0.2) is 11.7 Å². The molecule has 6 heteroatoms. The molecule has 1 aromatic rings. The van der Waals surface area contributed by atoms with E-state index < -0.39 is 0 Å². The molecule has 1 fully saturated rings. The van der Waals surface area contributed by atoms with Crippen LogP contribution >= 0.6 is 23.7 Å². The maximum absolute atomic E-state index is 5.21. The fourth-order valence-electron chi connectivity index (χ4n) is 2.43. The SMILES string of the molecule is COCCN(Cc1cncs1)CC1CCNCC1.Cl. The molecule has 0 radical (unpaired) electrons. The zero-order valence-electron chi connectivity index (χ0n) is 11.5. The molecular weight excluding hydrogens is 282 g/mol. The van der Waals surface area contributed by atoms with Gasteiger partial charge in [0, 0.05) is 37.8 Å². The van der Waals surface area contributed by atoms with Gasteiger partial charge in [0.05, 0.1) is 12.1 Å². The van der Waals surface area contributed by atoms with Crippen LogP contribution < -0.4 is 5.32 Å². The molecule has 1 aromatic heterocycles. The Morgan fingerprint density at radius 1 is 1.47 bits per heavy atom. The fraction of sp³-hybridized carbons (Fsp3) is 0.769. The Hall–Kier alpha value is -0.200. The molecule has 19 heavy (non-hydrogen) atoms. The second-order valence-corrected chi connectivity index (χ2v) is 5.86. The van der Waals surface area contributed by atoms with Gasteiger partial charge in [-0.3, -0.25) is 9.88 Å². The Morgan fingerprint density at radius 2 is 2.26 bits per heavy atom. The van der Waals surface area contributed by atoms with Crippen LogP contribution in [-0.2, 0) is 11.3 Å². The van der Waals surface area contributed by atoms with Crippen molar-refractivity contribution in [3.8, 4) is 0 Å². The molecule has 0 bridgehead atoms. The summed E-state index contributed by atoms with van der Waals surface area (Å²) in [5.41, 5.74) is 1.91. The average Bonchev–Trinajstić information content (AvgIpc) is 2.90. The van der Waals surface area contributed by atoms with Crippen molar-refractivity contribution in [2.24, 2.45) is 5.92 Å². The summed E-state index contributed by atoms with van der Waals surface area (Å²) < 4.78 is 5.21. The van der Waals surface area contributed by atoms with Gasteiger partial charge in [-0.15, -0.1) is 23.7 Å². The number of aromatic nitrogens is 1. The summed E-state index contributed by atoms with van der Waals surface area (Å²) in [6.45, 7) is 6.36. The van der Waals surface area contributed by atoms with Crippen LogP contribution in [-0.4, -0.2) is 49.8 Å². The van der Waals surface area contributed by atoms with Gasteiger partial charge in [0.25, 0.3) is 0 Å². The zero-order valence-corrected chi connectivity index (χ0v) is 13.1. The number of nitrogens with zero attached hydrogens (tertiary/aromatic N) is 2. The molecule has 0 atom stereocenters. The molecule has 4 nitrogen and oxygen atoms in total. The highest BCUT2D eigenvalue weighted by molar-refractivity contribution is 7.09. The Bertz CT molecular complexity index is 318. The minimum absolute atomic E-state index is 0. The van der Waals surface area contributed by atoms with E-state index in [1.54, 1.807) is 18.4 Å². The molecule has 1 aliphatic rings. The standard InChI is InChI=1S/C13H23N3OS.ClH/c1-17-7-6-16(10-13-8-15-11-18-13)9-12-2-4-14-5-3-12;/h8,11-12,14H,2-7,9-10H2,1H3;1H. The molecule has 0 unspecified atom stereocenters. The molecular formula is C13H24ClN3OS. The Kier molecular flexibility index (Phi) is 8.57. The predicted molar refractivity (Wildman–Crippen MR) is 82.1 cm³/mol. The third-order valence-corrected chi connectivity index (χ3v) is 4.21. The van der Waals surface area contributed by atoms with Crippen molar-refractivity contribution in [2.45, 2.75) is 19.4 Å². The first-order valence-electron chi connectivity index (χ1n) is 6.68. The van der Waals surface area contributed by atoms with Gasteiger partial charge in [0.15, 0.2) is 0 Å². The molecule has 1 N–H and O–H groups in total. The number of piperidine rings is 1. The van der Waals surface area contributed by atoms with Gasteiger partial charge in [-0.05, 0) is 31.8 Å². The minimum atomic E-state index is 0. The monoisotopic (exact) mass is 305 g/mol. The summed E-state index contributed by atoms with van der Waals surface area (Å²) in [5.74, 6) is 0.830. The number of rotatable bonds is 7. The van der Waals surface area contributed by atoms with Crippen molar-refractivity contribution in [3.05, 3.63) is 16.6 Å². The van der Waals surface area contributed by atoms with Crippen LogP contribution in [0.5, 0.6) is 0 Å². The lowest BCUT2D eigenvalue weighted by Crippen LogP contribution is -2.37. The first kappa shape index (κ1) is 16.9.